The first-order valence-electron chi connectivity index (χ1n) is 3.68. The van der Waals surface area contributed by atoms with Crippen molar-refractivity contribution < 1.29 is 0 Å². The van der Waals surface area contributed by atoms with Gasteiger partial charge in [-0.25, -0.2) is 0 Å². The van der Waals surface area contributed by atoms with Gasteiger partial charge in [0.25, 0.3) is 0 Å². The van der Waals surface area contributed by atoms with Crippen LogP contribution in [0.4, 0.5) is 0 Å². The maximum Gasteiger partial charge on any atom is 0.0798 e. The summed E-state index contributed by atoms with van der Waals surface area (Å²) >= 11 is 11.5. The predicted octanol–water partition coefficient (Wildman–Crippen LogP) is 1.51. The monoisotopic (exact) mass is 198 g/mol. The molecule has 0 aromatic carbocycles. The molecule has 3 N–H and O–H groups in total. The van der Waals surface area contributed by atoms with Crippen LogP contribution in [0.3, 0.4) is 0 Å². The molecule has 0 radical (unpaired) electrons. The molecule has 11 heavy (non-hydrogen) atoms. The van der Waals surface area contributed by atoms with Gasteiger partial charge in [-0.3, -0.25) is 5.32 Å². The molecule has 4 heteroatoms. The fourth-order valence-electron chi connectivity index (χ4n) is 0.501. The molecular weight excluding hydrogens is 183 g/mol. The first kappa shape index (κ1) is 11.5. The highest BCUT2D eigenvalue weighted by molar-refractivity contribution is 6.21. The Morgan fingerprint density at radius 1 is 1.45 bits per heavy atom. The highest BCUT2D eigenvalue weighted by Crippen LogP contribution is 2.09. The third kappa shape index (κ3) is 4.86. The van der Waals surface area contributed by atoms with Crippen LogP contribution in [0.1, 0.15) is 20.8 Å². The number of nitrogens with two attached hydrogens (primary N) is 1. The van der Waals surface area contributed by atoms with E-state index in [0.717, 1.165) is 0 Å². The Hall–Kier alpha value is 0.500. The zero-order valence-corrected chi connectivity index (χ0v) is 8.71. The molecule has 0 aliphatic carbocycles. The maximum atomic E-state index is 5.82. The van der Waals surface area contributed by atoms with E-state index in [1.165, 1.54) is 0 Å². The van der Waals surface area contributed by atoms with E-state index in [2.05, 4.69) is 5.32 Å². The molecule has 0 amide bonds. The predicted molar refractivity (Wildman–Crippen MR) is 51.2 cm³/mol. The van der Waals surface area contributed by atoms with Gasteiger partial charge in [0.2, 0.25) is 0 Å². The van der Waals surface area contributed by atoms with Gasteiger partial charge < -0.3 is 5.73 Å². The normalized spacial score (nSPS) is 22.4. The standard InChI is InChI=1S/C7H16Cl2N2/c1-5(8)4-11-7(3,10)6(2)9/h5-6,11H,4,10H2,1-3H3/t5-,6+,7+/m0/s1. The number of nitrogens with one attached hydrogen (secondary N) is 1. The van der Waals surface area contributed by atoms with Crippen molar-refractivity contribution in [3.05, 3.63) is 0 Å². The molecule has 0 aromatic heterocycles. The fraction of sp³-hybridized carbons (Fsp3) is 1.00. The summed E-state index contributed by atoms with van der Waals surface area (Å²) in [7, 11) is 0. The molecule has 3 atom stereocenters. The van der Waals surface area contributed by atoms with Gasteiger partial charge >= 0.3 is 0 Å². The first-order valence-corrected chi connectivity index (χ1v) is 4.55. The van der Waals surface area contributed by atoms with Gasteiger partial charge in [0, 0.05) is 11.9 Å². The third-order valence-electron chi connectivity index (χ3n) is 1.59. The molecule has 0 spiro atoms. The van der Waals surface area contributed by atoms with Crippen LogP contribution >= 0.6 is 23.2 Å². The molecule has 0 saturated heterocycles. The average Bonchev–Trinajstić information content (AvgIpc) is 1.84. The van der Waals surface area contributed by atoms with Crippen LogP contribution < -0.4 is 11.1 Å². The molecule has 68 valence electrons. The topological polar surface area (TPSA) is 38.0 Å². The van der Waals surface area contributed by atoms with Crippen molar-refractivity contribution in [2.24, 2.45) is 5.73 Å². The average molecular weight is 199 g/mol. The molecule has 0 heterocycles. The maximum absolute atomic E-state index is 5.82. The van der Waals surface area contributed by atoms with E-state index >= 15 is 0 Å². The largest absolute Gasteiger partial charge is 0.312 e. The second-order valence-electron chi connectivity index (χ2n) is 3.06. The van der Waals surface area contributed by atoms with Gasteiger partial charge in [-0.1, -0.05) is 0 Å². The Morgan fingerprint density at radius 3 is 2.18 bits per heavy atom. The minimum Gasteiger partial charge on any atom is -0.312 e. The molecule has 0 saturated carbocycles. The number of halogens is 2. The smallest absolute Gasteiger partial charge is 0.0798 e. The summed E-state index contributed by atoms with van der Waals surface area (Å²) in [5, 5.41) is 3.04. The van der Waals surface area contributed by atoms with Crippen molar-refractivity contribution in [3.63, 3.8) is 0 Å². The molecular formula is C7H16Cl2N2. The van der Waals surface area contributed by atoms with E-state index < -0.39 is 5.66 Å². The molecule has 0 fully saturated rings. The van der Waals surface area contributed by atoms with Gasteiger partial charge in [-0.05, 0) is 20.8 Å². The Balaban J connectivity index is 3.73. The lowest BCUT2D eigenvalue weighted by Crippen LogP contribution is -2.57. The van der Waals surface area contributed by atoms with Crippen LogP contribution in [-0.2, 0) is 0 Å². The second-order valence-corrected chi connectivity index (χ2v) is 4.46. The summed E-state index contributed by atoms with van der Waals surface area (Å²) in [6.45, 7) is 6.28. The second kappa shape index (κ2) is 4.51. The molecule has 0 unspecified atom stereocenters. The van der Waals surface area contributed by atoms with Gasteiger partial charge in [0.1, 0.15) is 0 Å². The van der Waals surface area contributed by atoms with Crippen molar-refractivity contribution in [3.8, 4) is 0 Å². The van der Waals surface area contributed by atoms with E-state index in [0.29, 0.717) is 6.54 Å². The quantitative estimate of drug-likeness (QED) is 0.532. The van der Waals surface area contributed by atoms with E-state index in [9.17, 15) is 0 Å². The number of hydrogen-bond donors (Lipinski definition) is 2. The van der Waals surface area contributed by atoms with E-state index in [-0.39, 0.29) is 10.8 Å². The van der Waals surface area contributed by atoms with Crippen LogP contribution in [0.2, 0.25) is 0 Å². The summed E-state index contributed by atoms with van der Waals surface area (Å²) in [4.78, 5) is 0. The molecule has 0 aliphatic heterocycles. The van der Waals surface area contributed by atoms with Gasteiger partial charge in [-0.2, -0.15) is 0 Å². The Morgan fingerprint density at radius 2 is 1.91 bits per heavy atom. The SMILES string of the molecule is C[C@H](Cl)CN[C@@](C)(N)[C@@H](C)Cl. The fourth-order valence-corrected chi connectivity index (χ4v) is 0.655. The van der Waals surface area contributed by atoms with E-state index in [1.807, 2.05) is 20.8 Å². The lowest BCUT2D eigenvalue weighted by atomic mass is 10.1. The number of hydrogen-bond acceptors (Lipinski definition) is 2. The van der Waals surface area contributed by atoms with Gasteiger partial charge in [0.15, 0.2) is 0 Å². The molecule has 0 bridgehead atoms. The summed E-state index contributed by atoms with van der Waals surface area (Å²) in [5.41, 5.74) is 5.27. The van der Waals surface area contributed by atoms with Crippen molar-refractivity contribution in [2.75, 3.05) is 6.54 Å². The first-order chi connectivity index (χ1) is 4.86. The van der Waals surface area contributed by atoms with Crippen LogP contribution in [0.25, 0.3) is 0 Å². The highest BCUT2D eigenvalue weighted by atomic mass is 35.5. The Bertz CT molecular complexity index is 113. The number of rotatable bonds is 4. The lowest BCUT2D eigenvalue weighted by molar-refractivity contribution is 0.363. The van der Waals surface area contributed by atoms with Crippen molar-refractivity contribution in [1.29, 1.82) is 0 Å². The van der Waals surface area contributed by atoms with Crippen LogP contribution in [0, 0.1) is 0 Å². The van der Waals surface area contributed by atoms with Crippen LogP contribution in [0.5, 0.6) is 0 Å². The highest BCUT2D eigenvalue weighted by Gasteiger charge is 2.23. The Kier molecular flexibility index (Phi) is 4.71. The molecule has 2 nitrogen and oxygen atoms in total. The molecule has 0 aromatic rings. The summed E-state index contributed by atoms with van der Waals surface area (Å²) < 4.78 is 0. The number of alkyl halides is 2. The Labute approximate surface area is 78.4 Å². The van der Waals surface area contributed by atoms with Gasteiger partial charge in [0.05, 0.1) is 11.0 Å². The summed E-state index contributed by atoms with van der Waals surface area (Å²) in [6.07, 6.45) is 0. The summed E-state index contributed by atoms with van der Waals surface area (Å²) in [6, 6.07) is 0. The lowest BCUT2D eigenvalue weighted by Gasteiger charge is -2.29. The molecule has 0 aliphatic rings. The minimum atomic E-state index is -0.537. The summed E-state index contributed by atoms with van der Waals surface area (Å²) in [5.74, 6) is 0. The minimum absolute atomic E-state index is 0.0771. The van der Waals surface area contributed by atoms with Gasteiger partial charge in [-0.15, -0.1) is 23.2 Å². The van der Waals surface area contributed by atoms with Crippen molar-refractivity contribution in [2.45, 2.75) is 37.2 Å². The van der Waals surface area contributed by atoms with E-state index in [4.69, 9.17) is 28.9 Å². The zero-order valence-electron chi connectivity index (χ0n) is 7.20. The van der Waals surface area contributed by atoms with Crippen LogP contribution in [-0.4, -0.2) is 23.0 Å². The van der Waals surface area contributed by atoms with Crippen LogP contribution in [0.15, 0.2) is 0 Å². The third-order valence-corrected chi connectivity index (χ3v) is 2.20. The van der Waals surface area contributed by atoms with Crippen molar-refractivity contribution >= 4 is 23.2 Å². The van der Waals surface area contributed by atoms with Crippen molar-refractivity contribution in [1.82, 2.24) is 5.32 Å². The zero-order chi connectivity index (χ0) is 9.07. The van der Waals surface area contributed by atoms with E-state index in [1.54, 1.807) is 0 Å². The molecule has 0 rings (SSSR count).